The van der Waals surface area contributed by atoms with Gasteiger partial charge in [-0.15, -0.1) is 0 Å². The average molecular weight is 343 g/mol. The van der Waals surface area contributed by atoms with Gasteiger partial charge in [-0.3, -0.25) is 4.79 Å². The predicted molar refractivity (Wildman–Crippen MR) is 93.9 cm³/mol. The molecule has 2 rings (SSSR count). The van der Waals surface area contributed by atoms with Crippen LogP contribution in [0.1, 0.15) is 31.4 Å². The lowest BCUT2D eigenvalue weighted by molar-refractivity contribution is -0.119. The van der Waals surface area contributed by atoms with Gasteiger partial charge in [0.15, 0.2) is 0 Å². The van der Waals surface area contributed by atoms with Gasteiger partial charge in [-0.25, -0.2) is 0 Å². The van der Waals surface area contributed by atoms with Gasteiger partial charge in [-0.05, 0) is 37.5 Å². The normalized spacial score (nSPS) is 15.8. The van der Waals surface area contributed by atoms with Gasteiger partial charge in [0.1, 0.15) is 4.32 Å². The summed E-state index contributed by atoms with van der Waals surface area (Å²) in [5.74, 6) is 0.372. The fourth-order valence-electron chi connectivity index (χ4n) is 2.24. The molecule has 1 aromatic carbocycles. The van der Waals surface area contributed by atoms with Crippen molar-refractivity contribution in [3.8, 4) is 0 Å². The second-order valence-corrected chi connectivity index (χ2v) is 7.14. The molecule has 3 nitrogen and oxygen atoms in total. The Morgan fingerprint density at radius 3 is 2.62 bits per heavy atom. The van der Waals surface area contributed by atoms with Crippen LogP contribution in [-0.2, 0) is 4.79 Å². The summed E-state index contributed by atoms with van der Waals surface area (Å²) in [4.78, 5) is 14.2. The fraction of sp³-hybridized carbons (Fsp3) is 0.467. The molecule has 1 aliphatic heterocycles. The highest BCUT2D eigenvalue weighted by Crippen LogP contribution is 2.18. The molecule has 1 aromatic rings. The molecule has 0 unspecified atom stereocenters. The number of benzene rings is 1. The molecule has 0 aromatic heterocycles. The number of thiocarbonyl (C=S) groups is 1. The molecular weight excluding hydrogens is 324 g/mol. The van der Waals surface area contributed by atoms with Gasteiger partial charge in [-0.2, -0.15) is 0 Å². The van der Waals surface area contributed by atoms with Crippen molar-refractivity contribution in [2.75, 3.05) is 18.8 Å². The van der Waals surface area contributed by atoms with Crippen LogP contribution in [0.3, 0.4) is 0 Å². The van der Waals surface area contributed by atoms with E-state index >= 15 is 0 Å². The van der Waals surface area contributed by atoms with Gasteiger partial charge in [-0.1, -0.05) is 47.7 Å². The average Bonchev–Trinajstić information content (AvgIpc) is 2.99. The number of likely N-dealkylation sites (tertiary alicyclic amines) is 1. The molecular formula is C15H19ClN2OS2. The molecule has 21 heavy (non-hydrogen) atoms. The van der Waals surface area contributed by atoms with E-state index in [1.807, 2.05) is 31.2 Å². The van der Waals surface area contributed by atoms with Gasteiger partial charge in [0.05, 0.1) is 11.8 Å². The van der Waals surface area contributed by atoms with E-state index in [-0.39, 0.29) is 11.9 Å². The minimum Gasteiger partial charge on any atom is -0.358 e. The molecule has 1 fully saturated rings. The SMILES string of the molecule is C[C@@H](NC(=O)CSC(=S)N1CCCC1)c1ccc(Cl)cc1. The van der Waals surface area contributed by atoms with Gasteiger partial charge in [0.25, 0.3) is 0 Å². The number of halogens is 1. The van der Waals surface area contributed by atoms with E-state index in [1.54, 1.807) is 0 Å². The van der Waals surface area contributed by atoms with Crippen LogP contribution in [0.5, 0.6) is 0 Å². The summed E-state index contributed by atoms with van der Waals surface area (Å²) in [6, 6.07) is 7.48. The molecule has 1 N–H and O–H groups in total. The van der Waals surface area contributed by atoms with Crippen LogP contribution in [0.4, 0.5) is 0 Å². The second kappa shape index (κ2) is 8.01. The van der Waals surface area contributed by atoms with Crippen LogP contribution in [-0.4, -0.2) is 34.0 Å². The Bertz CT molecular complexity index is 501. The molecule has 1 aliphatic rings. The molecule has 0 aliphatic carbocycles. The summed E-state index contributed by atoms with van der Waals surface area (Å²) in [7, 11) is 0. The first-order valence-electron chi connectivity index (χ1n) is 7.03. The zero-order chi connectivity index (χ0) is 15.2. The first-order valence-corrected chi connectivity index (χ1v) is 8.80. The lowest BCUT2D eigenvalue weighted by Crippen LogP contribution is -2.30. The van der Waals surface area contributed by atoms with Gasteiger partial charge in [0, 0.05) is 18.1 Å². The third kappa shape index (κ3) is 5.16. The molecule has 0 bridgehead atoms. The van der Waals surface area contributed by atoms with Gasteiger partial charge >= 0.3 is 0 Å². The minimum absolute atomic E-state index is 0.00370. The summed E-state index contributed by atoms with van der Waals surface area (Å²) in [6.07, 6.45) is 2.39. The lowest BCUT2D eigenvalue weighted by atomic mass is 10.1. The number of nitrogens with zero attached hydrogens (tertiary/aromatic N) is 1. The van der Waals surface area contributed by atoms with Crippen molar-refractivity contribution >= 4 is 45.8 Å². The van der Waals surface area contributed by atoms with Crippen molar-refractivity contribution < 1.29 is 4.79 Å². The fourth-order valence-corrected chi connectivity index (χ4v) is 3.42. The van der Waals surface area contributed by atoms with Crippen molar-refractivity contribution in [2.24, 2.45) is 0 Å². The molecule has 1 amide bonds. The van der Waals surface area contributed by atoms with E-state index in [1.165, 1.54) is 24.6 Å². The summed E-state index contributed by atoms with van der Waals surface area (Å²) in [5, 5.41) is 3.68. The Labute approximate surface area is 140 Å². The van der Waals surface area contributed by atoms with E-state index < -0.39 is 0 Å². The predicted octanol–water partition coefficient (Wildman–Crippen LogP) is 3.63. The van der Waals surface area contributed by atoms with Gasteiger partial charge < -0.3 is 10.2 Å². The summed E-state index contributed by atoms with van der Waals surface area (Å²) in [6.45, 7) is 4.01. The van der Waals surface area contributed by atoms with Crippen molar-refractivity contribution in [1.82, 2.24) is 10.2 Å². The zero-order valence-corrected chi connectivity index (χ0v) is 14.4. The van der Waals surface area contributed by atoms with Crippen molar-refractivity contribution in [3.63, 3.8) is 0 Å². The highest BCUT2D eigenvalue weighted by molar-refractivity contribution is 8.23. The number of carbonyl (C=O) groups is 1. The molecule has 6 heteroatoms. The minimum atomic E-state index is -0.0317. The Morgan fingerprint density at radius 1 is 1.38 bits per heavy atom. The van der Waals surface area contributed by atoms with Crippen molar-refractivity contribution in [3.05, 3.63) is 34.9 Å². The van der Waals surface area contributed by atoms with E-state index in [0.29, 0.717) is 10.8 Å². The maximum absolute atomic E-state index is 12.0. The summed E-state index contributed by atoms with van der Waals surface area (Å²) in [5.41, 5.74) is 1.04. The number of amides is 1. The number of nitrogens with one attached hydrogen (secondary N) is 1. The Kier molecular flexibility index (Phi) is 6.33. The highest BCUT2D eigenvalue weighted by Gasteiger charge is 2.17. The molecule has 0 radical (unpaired) electrons. The van der Waals surface area contributed by atoms with Crippen LogP contribution in [0, 0.1) is 0 Å². The molecule has 1 atom stereocenters. The number of hydrogen-bond acceptors (Lipinski definition) is 3. The molecule has 0 saturated carbocycles. The van der Waals surface area contributed by atoms with Crippen LogP contribution in [0.15, 0.2) is 24.3 Å². The quantitative estimate of drug-likeness (QED) is 0.847. The molecule has 0 spiro atoms. The monoisotopic (exact) mass is 342 g/mol. The van der Waals surface area contributed by atoms with E-state index in [4.69, 9.17) is 23.8 Å². The second-order valence-electron chi connectivity index (χ2n) is 5.09. The zero-order valence-electron chi connectivity index (χ0n) is 12.0. The van der Waals surface area contributed by atoms with Gasteiger partial charge in [0.2, 0.25) is 5.91 Å². The van der Waals surface area contributed by atoms with Crippen LogP contribution in [0.2, 0.25) is 5.02 Å². The topological polar surface area (TPSA) is 32.3 Å². The summed E-state index contributed by atoms with van der Waals surface area (Å²) < 4.78 is 0.835. The van der Waals surface area contributed by atoms with Crippen molar-refractivity contribution in [2.45, 2.75) is 25.8 Å². The number of rotatable bonds is 4. The number of thioether (sulfide) groups is 1. The maximum atomic E-state index is 12.0. The lowest BCUT2D eigenvalue weighted by Gasteiger charge is -2.18. The van der Waals surface area contributed by atoms with Crippen LogP contribution in [0.25, 0.3) is 0 Å². The van der Waals surface area contributed by atoms with Crippen LogP contribution >= 0.6 is 35.6 Å². The molecule has 1 saturated heterocycles. The number of hydrogen-bond donors (Lipinski definition) is 1. The highest BCUT2D eigenvalue weighted by atomic mass is 35.5. The summed E-state index contributed by atoms with van der Waals surface area (Å²) >= 11 is 12.7. The molecule has 1 heterocycles. The third-order valence-electron chi connectivity index (χ3n) is 3.44. The van der Waals surface area contributed by atoms with Crippen LogP contribution < -0.4 is 5.32 Å². The van der Waals surface area contributed by atoms with E-state index in [9.17, 15) is 4.79 Å². The smallest absolute Gasteiger partial charge is 0.230 e. The third-order valence-corrected chi connectivity index (χ3v) is 5.21. The van der Waals surface area contributed by atoms with Crippen molar-refractivity contribution in [1.29, 1.82) is 0 Å². The Morgan fingerprint density at radius 2 is 2.00 bits per heavy atom. The maximum Gasteiger partial charge on any atom is 0.230 e. The molecule has 114 valence electrons. The van der Waals surface area contributed by atoms with E-state index in [0.717, 1.165) is 23.0 Å². The van der Waals surface area contributed by atoms with E-state index in [2.05, 4.69) is 10.2 Å². The Hall–Kier alpha value is -0.780. The number of carbonyl (C=O) groups excluding carboxylic acids is 1. The largest absolute Gasteiger partial charge is 0.358 e. The first kappa shape index (κ1) is 16.6. The Balaban J connectivity index is 1.75. The standard InChI is InChI=1S/C15H19ClN2OS2/c1-11(12-4-6-13(16)7-5-12)17-14(19)10-21-15(20)18-8-2-3-9-18/h4-7,11H,2-3,8-10H2,1H3,(H,17,19)/t11-/m1/s1. The first-order chi connectivity index (χ1) is 10.1.